The third-order valence-corrected chi connectivity index (χ3v) is 7.42. The van der Waals surface area contributed by atoms with Crippen LogP contribution in [0.2, 0.25) is 0 Å². The lowest BCUT2D eigenvalue weighted by atomic mass is 10.1. The Morgan fingerprint density at radius 1 is 1.39 bits per heavy atom. The van der Waals surface area contributed by atoms with Crippen molar-refractivity contribution in [2.45, 2.75) is 18.7 Å². The van der Waals surface area contributed by atoms with Gasteiger partial charge in [-0.1, -0.05) is 12.1 Å². The minimum atomic E-state index is -3.15. The lowest BCUT2D eigenvalue weighted by molar-refractivity contribution is 0.0940. The number of methoxy groups -OCH3 is 1. The average Bonchev–Trinajstić information content (AvgIpc) is 3.02. The highest BCUT2D eigenvalue weighted by molar-refractivity contribution is 7.90. The van der Waals surface area contributed by atoms with Crippen LogP contribution in [0.25, 0.3) is 10.2 Å². The van der Waals surface area contributed by atoms with Gasteiger partial charge in [0.15, 0.2) is 9.84 Å². The van der Waals surface area contributed by atoms with Gasteiger partial charge in [0.25, 0.3) is 11.5 Å². The van der Waals surface area contributed by atoms with E-state index < -0.39 is 21.3 Å². The monoisotopic (exact) mass is 419 g/mol. The predicted octanol–water partition coefficient (Wildman–Crippen LogP) is 1.39. The first-order valence-electron chi connectivity index (χ1n) is 8.52. The Bertz CT molecular complexity index is 1240. The second-order valence-corrected chi connectivity index (χ2v) is 9.74. The lowest BCUT2D eigenvalue weighted by Crippen LogP contribution is -2.27. The number of rotatable bonds is 4. The van der Waals surface area contributed by atoms with Crippen molar-refractivity contribution in [3.05, 3.63) is 56.4 Å². The van der Waals surface area contributed by atoms with E-state index in [-0.39, 0.29) is 23.9 Å². The molecule has 28 heavy (non-hydrogen) atoms. The smallest absolute Gasteiger partial charge is 0.287 e. The quantitative estimate of drug-likeness (QED) is 0.660. The normalized spacial score (nSPS) is 15.2. The Morgan fingerprint density at radius 2 is 2.21 bits per heavy atom. The molecule has 0 fully saturated rings. The number of aromatic amines is 1. The number of nitrogens with one attached hydrogen (secondary N) is 2. The van der Waals surface area contributed by atoms with Gasteiger partial charge in [0, 0.05) is 11.4 Å². The molecule has 2 aromatic heterocycles. The Labute approximate surface area is 164 Å². The largest absolute Gasteiger partial charge is 0.497 e. The summed E-state index contributed by atoms with van der Waals surface area (Å²) in [5, 5.41) is 3.10. The third kappa shape index (κ3) is 3.52. The van der Waals surface area contributed by atoms with E-state index in [0.29, 0.717) is 27.3 Å². The van der Waals surface area contributed by atoms with Gasteiger partial charge in [-0.05, 0) is 29.7 Å². The highest BCUT2D eigenvalue weighted by atomic mass is 32.2. The van der Waals surface area contributed by atoms with Gasteiger partial charge in [-0.15, -0.1) is 11.3 Å². The summed E-state index contributed by atoms with van der Waals surface area (Å²) in [6, 6.07) is 7.26. The molecule has 0 saturated heterocycles. The van der Waals surface area contributed by atoms with Crippen LogP contribution in [0.15, 0.2) is 29.1 Å². The summed E-state index contributed by atoms with van der Waals surface area (Å²) in [5.41, 5.74) is 1.15. The number of ether oxygens (including phenoxy) is 1. The molecule has 1 aliphatic rings. The molecule has 0 radical (unpaired) electrons. The van der Waals surface area contributed by atoms with Crippen LogP contribution >= 0.6 is 11.3 Å². The van der Waals surface area contributed by atoms with E-state index in [1.165, 1.54) is 0 Å². The second-order valence-electron chi connectivity index (χ2n) is 6.47. The number of carbonyl (C=O) groups is 1. The Kier molecular flexibility index (Phi) is 4.68. The SMILES string of the molecule is COc1cccc(CNC(=O)c2nc3sc4c(c3c(=O)[nH]2)CCS(=O)(=O)C4)c1. The maximum atomic E-state index is 12.5. The number of fused-ring (bicyclic) bond motifs is 3. The summed E-state index contributed by atoms with van der Waals surface area (Å²) in [6.45, 7) is 0.247. The van der Waals surface area contributed by atoms with E-state index in [9.17, 15) is 18.0 Å². The zero-order valence-corrected chi connectivity index (χ0v) is 16.6. The van der Waals surface area contributed by atoms with Gasteiger partial charge in [0.1, 0.15) is 10.6 Å². The number of thiophene rings is 1. The zero-order chi connectivity index (χ0) is 19.9. The van der Waals surface area contributed by atoms with Gasteiger partial charge in [-0.3, -0.25) is 9.59 Å². The van der Waals surface area contributed by atoms with Crippen LogP contribution in [-0.4, -0.2) is 37.2 Å². The molecule has 1 aromatic carbocycles. The standard InChI is InChI=1S/C18H17N3O5S2/c1-26-11-4-2-3-10(7-11)8-19-17(23)15-20-16(22)14-12-5-6-28(24,25)9-13(12)27-18(14)21-15/h2-4,7H,5-6,8-9H2,1H3,(H,19,23)(H,20,21,22). The third-order valence-electron chi connectivity index (χ3n) is 4.56. The van der Waals surface area contributed by atoms with Gasteiger partial charge in [0.05, 0.1) is 24.0 Å². The molecule has 3 aromatic rings. The molecule has 8 nitrogen and oxygen atoms in total. The molecule has 0 bridgehead atoms. The number of sulfone groups is 1. The second kappa shape index (κ2) is 7.02. The Hall–Kier alpha value is -2.72. The zero-order valence-electron chi connectivity index (χ0n) is 14.9. The molecule has 1 amide bonds. The van der Waals surface area contributed by atoms with Gasteiger partial charge < -0.3 is 15.0 Å². The fraction of sp³-hybridized carbons (Fsp3) is 0.278. The fourth-order valence-corrected chi connectivity index (χ4v) is 6.20. The molecule has 1 aliphatic heterocycles. The topological polar surface area (TPSA) is 118 Å². The van der Waals surface area contributed by atoms with Gasteiger partial charge >= 0.3 is 0 Å². The Morgan fingerprint density at radius 3 is 3.00 bits per heavy atom. The van der Waals surface area contributed by atoms with E-state index in [1.54, 1.807) is 19.2 Å². The highest BCUT2D eigenvalue weighted by Gasteiger charge is 2.27. The summed E-state index contributed by atoms with van der Waals surface area (Å²) < 4.78 is 28.8. The van der Waals surface area contributed by atoms with Crippen molar-refractivity contribution in [2.24, 2.45) is 0 Å². The molecule has 0 atom stereocenters. The van der Waals surface area contributed by atoms with E-state index in [1.807, 2.05) is 12.1 Å². The molecule has 10 heteroatoms. The van der Waals surface area contributed by atoms with Crippen LogP contribution in [0.3, 0.4) is 0 Å². The van der Waals surface area contributed by atoms with Crippen LogP contribution in [-0.2, 0) is 28.6 Å². The molecule has 3 heterocycles. The number of nitrogens with zero attached hydrogens (tertiary/aromatic N) is 1. The van der Waals surface area contributed by atoms with Crippen LogP contribution in [0.5, 0.6) is 5.75 Å². The number of hydrogen-bond donors (Lipinski definition) is 2. The van der Waals surface area contributed by atoms with Crippen molar-refractivity contribution in [2.75, 3.05) is 12.9 Å². The van der Waals surface area contributed by atoms with Crippen LogP contribution in [0.1, 0.15) is 26.6 Å². The number of H-pyrrole nitrogens is 1. The van der Waals surface area contributed by atoms with Crippen molar-refractivity contribution in [3.63, 3.8) is 0 Å². The van der Waals surface area contributed by atoms with Crippen LogP contribution in [0.4, 0.5) is 0 Å². The maximum Gasteiger partial charge on any atom is 0.287 e. The Balaban J connectivity index is 1.60. The van der Waals surface area contributed by atoms with E-state index >= 15 is 0 Å². The number of aromatic nitrogens is 2. The number of benzene rings is 1. The van der Waals surface area contributed by atoms with Crippen molar-refractivity contribution in [1.82, 2.24) is 15.3 Å². The van der Waals surface area contributed by atoms with E-state index in [2.05, 4.69) is 15.3 Å². The van der Waals surface area contributed by atoms with Gasteiger partial charge in [0.2, 0.25) is 5.82 Å². The maximum absolute atomic E-state index is 12.5. The molecule has 0 spiro atoms. The number of hydrogen-bond acceptors (Lipinski definition) is 7. The predicted molar refractivity (Wildman–Crippen MR) is 106 cm³/mol. The highest BCUT2D eigenvalue weighted by Crippen LogP contribution is 2.33. The lowest BCUT2D eigenvalue weighted by Gasteiger charge is -2.11. The van der Waals surface area contributed by atoms with Crippen molar-refractivity contribution < 1.29 is 17.9 Å². The van der Waals surface area contributed by atoms with Crippen LogP contribution in [0, 0.1) is 0 Å². The number of aryl methyl sites for hydroxylation is 1. The van der Waals surface area contributed by atoms with Crippen molar-refractivity contribution in [3.8, 4) is 5.75 Å². The molecule has 2 N–H and O–H groups in total. The first kappa shape index (κ1) is 18.6. The molecular formula is C18H17N3O5S2. The molecule has 4 rings (SSSR count). The van der Waals surface area contributed by atoms with E-state index in [0.717, 1.165) is 22.5 Å². The van der Waals surface area contributed by atoms with Gasteiger partial charge in [-0.2, -0.15) is 0 Å². The van der Waals surface area contributed by atoms with Crippen molar-refractivity contribution >= 4 is 37.3 Å². The fourth-order valence-electron chi connectivity index (χ4n) is 3.18. The summed E-state index contributed by atoms with van der Waals surface area (Å²) in [4.78, 5) is 32.8. The average molecular weight is 419 g/mol. The first-order chi connectivity index (χ1) is 13.4. The van der Waals surface area contributed by atoms with Crippen molar-refractivity contribution in [1.29, 1.82) is 0 Å². The molecular weight excluding hydrogens is 402 g/mol. The number of amides is 1. The minimum Gasteiger partial charge on any atom is -0.497 e. The van der Waals surface area contributed by atoms with Gasteiger partial charge in [-0.25, -0.2) is 13.4 Å². The molecule has 0 aliphatic carbocycles. The summed E-state index contributed by atoms with van der Waals surface area (Å²) >= 11 is 1.16. The number of carbonyl (C=O) groups excluding carboxylic acids is 1. The first-order valence-corrected chi connectivity index (χ1v) is 11.2. The molecule has 146 valence electrons. The summed E-state index contributed by atoms with van der Waals surface area (Å²) in [6.07, 6.45) is 0.295. The van der Waals surface area contributed by atoms with Crippen LogP contribution < -0.4 is 15.6 Å². The molecule has 0 saturated carbocycles. The summed E-state index contributed by atoms with van der Waals surface area (Å²) in [5.74, 6) is 0.00953. The molecule has 0 unspecified atom stereocenters. The van der Waals surface area contributed by atoms with E-state index in [4.69, 9.17) is 4.74 Å². The minimum absolute atomic E-state index is 0.0219. The summed E-state index contributed by atoms with van der Waals surface area (Å²) in [7, 11) is -1.58.